The van der Waals surface area contributed by atoms with Crippen molar-refractivity contribution >= 4 is 11.8 Å². The fraction of sp³-hybridized carbons (Fsp3) is 0.111. The monoisotopic (exact) mass is 208 g/mol. The van der Waals surface area contributed by atoms with Crippen LogP contribution in [0, 0.1) is 20.2 Å². The average molecular weight is 208 g/mol. The zero-order valence-corrected chi connectivity index (χ0v) is 7.70. The molecule has 1 rings (SSSR count). The molecule has 0 aliphatic rings. The van der Waals surface area contributed by atoms with Gasteiger partial charge in [-0.05, 0) is 23.8 Å². The van der Waals surface area contributed by atoms with Gasteiger partial charge in [0.2, 0.25) is 6.54 Å². The second-order valence-corrected chi connectivity index (χ2v) is 2.77. The molecule has 0 atom stereocenters. The molecule has 0 spiro atoms. The summed E-state index contributed by atoms with van der Waals surface area (Å²) in [6.07, 6.45) is 2.94. The summed E-state index contributed by atoms with van der Waals surface area (Å²) in [4.78, 5) is 19.4. The van der Waals surface area contributed by atoms with Crippen molar-refractivity contribution in [2.75, 3.05) is 6.54 Å². The van der Waals surface area contributed by atoms with Gasteiger partial charge in [-0.15, -0.1) is 0 Å². The van der Waals surface area contributed by atoms with Gasteiger partial charge in [0.05, 0.1) is 4.92 Å². The van der Waals surface area contributed by atoms with E-state index in [-0.39, 0.29) is 12.2 Å². The Bertz CT molecular complexity index is 397. The van der Waals surface area contributed by atoms with Gasteiger partial charge in [-0.25, -0.2) is 0 Å². The van der Waals surface area contributed by atoms with Crippen LogP contribution in [0.15, 0.2) is 30.3 Å². The predicted molar refractivity (Wildman–Crippen MR) is 54.0 cm³/mol. The van der Waals surface area contributed by atoms with Crippen LogP contribution < -0.4 is 0 Å². The molecule has 0 unspecified atom stereocenters. The van der Waals surface area contributed by atoms with E-state index in [0.29, 0.717) is 5.56 Å². The van der Waals surface area contributed by atoms with E-state index < -0.39 is 9.85 Å². The van der Waals surface area contributed by atoms with Crippen molar-refractivity contribution in [2.24, 2.45) is 0 Å². The summed E-state index contributed by atoms with van der Waals surface area (Å²) in [6.45, 7) is -0.253. The zero-order chi connectivity index (χ0) is 11.3. The van der Waals surface area contributed by atoms with Crippen molar-refractivity contribution < 1.29 is 9.85 Å². The molecule has 15 heavy (non-hydrogen) atoms. The fourth-order valence-corrected chi connectivity index (χ4v) is 0.982. The fourth-order valence-electron chi connectivity index (χ4n) is 0.982. The van der Waals surface area contributed by atoms with Crippen molar-refractivity contribution in [3.63, 3.8) is 0 Å². The first-order valence-corrected chi connectivity index (χ1v) is 4.12. The predicted octanol–water partition coefficient (Wildman–Crippen LogP) is 1.88. The topological polar surface area (TPSA) is 86.3 Å². The minimum atomic E-state index is -0.496. The number of nitrogens with zero attached hydrogens (tertiary/aromatic N) is 2. The highest BCUT2D eigenvalue weighted by molar-refractivity contribution is 5.51. The van der Waals surface area contributed by atoms with E-state index in [1.54, 1.807) is 6.08 Å². The third kappa shape index (κ3) is 3.55. The molecule has 0 heterocycles. The van der Waals surface area contributed by atoms with Crippen LogP contribution in [0.2, 0.25) is 0 Å². The van der Waals surface area contributed by atoms with E-state index in [2.05, 4.69) is 0 Å². The van der Waals surface area contributed by atoms with Crippen molar-refractivity contribution in [1.82, 2.24) is 0 Å². The lowest BCUT2D eigenvalue weighted by atomic mass is 10.2. The van der Waals surface area contributed by atoms with Gasteiger partial charge in [0.25, 0.3) is 5.69 Å². The molecule has 0 amide bonds. The highest BCUT2D eigenvalue weighted by Gasteiger charge is 2.02. The highest BCUT2D eigenvalue weighted by atomic mass is 16.6. The maximum absolute atomic E-state index is 10.3. The standard InChI is InChI=1S/C9H8N2O4/c12-10(13)7-1-2-8-3-5-9(6-4-8)11(14)15/h1-6H,7H2/b2-1+. The second-order valence-electron chi connectivity index (χ2n) is 2.77. The quantitative estimate of drug-likeness (QED) is 0.558. The van der Waals surface area contributed by atoms with E-state index in [4.69, 9.17) is 0 Å². The van der Waals surface area contributed by atoms with Crippen LogP contribution in [-0.4, -0.2) is 16.4 Å². The van der Waals surface area contributed by atoms with Crippen molar-refractivity contribution in [3.8, 4) is 0 Å². The maximum Gasteiger partial charge on any atom is 0.269 e. The van der Waals surface area contributed by atoms with Gasteiger partial charge in [0, 0.05) is 17.1 Å². The molecule has 0 aliphatic heterocycles. The van der Waals surface area contributed by atoms with Crippen LogP contribution >= 0.6 is 0 Å². The number of nitro groups is 2. The number of rotatable bonds is 4. The molecule has 1 aromatic carbocycles. The van der Waals surface area contributed by atoms with Crippen LogP contribution in [0.25, 0.3) is 6.08 Å². The molecule has 0 aromatic heterocycles. The Kier molecular flexibility index (Phi) is 3.50. The zero-order valence-electron chi connectivity index (χ0n) is 7.70. The lowest BCUT2D eigenvalue weighted by Crippen LogP contribution is -1.95. The van der Waals surface area contributed by atoms with Crippen LogP contribution in [0.1, 0.15) is 5.56 Å². The third-order valence-corrected chi connectivity index (χ3v) is 1.67. The number of hydrogen-bond acceptors (Lipinski definition) is 4. The van der Waals surface area contributed by atoms with Gasteiger partial charge >= 0.3 is 0 Å². The van der Waals surface area contributed by atoms with E-state index in [9.17, 15) is 20.2 Å². The molecule has 0 saturated heterocycles. The molecule has 1 aromatic rings. The first-order chi connectivity index (χ1) is 7.09. The first-order valence-electron chi connectivity index (χ1n) is 4.12. The minimum absolute atomic E-state index is 0.00132. The summed E-state index contributed by atoms with van der Waals surface area (Å²) in [5, 5.41) is 20.3. The lowest BCUT2D eigenvalue weighted by Gasteiger charge is -1.92. The maximum atomic E-state index is 10.3. The summed E-state index contributed by atoms with van der Waals surface area (Å²) < 4.78 is 0. The van der Waals surface area contributed by atoms with Crippen LogP contribution in [-0.2, 0) is 0 Å². The van der Waals surface area contributed by atoms with Crippen LogP contribution in [0.4, 0.5) is 5.69 Å². The molecule has 0 radical (unpaired) electrons. The van der Waals surface area contributed by atoms with Crippen LogP contribution in [0.5, 0.6) is 0 Å². The van der Waals surface area contributed by atoms with Gasteiger partial charge < -0.3 is 0 Å². The lowest BCUT2D eigenvalue weighted by molar-refractivity contribution is -0.468. The Labute approximate surface area is 85.1 Å². The summed E-state index contributed by atoms with van der Waals surface area (Å²) in [5.74, 6) is 0. The van der Waals surface area contributed by atoms with Gasteiger partial charge in [0.15, 0.2) is 0 Å². The normalized spacial score (nSPS) is 10.4. The summed E-state index contributed by atoms with van der Waals surface area (Å²) in [7, 11) is 0. The molecule has 0 bridgehead atoms. The second kappa shape index (κ2) is 4.85. The SMILES string of the molecule is O=[N+]([O-])C/C=C/c1ccc([N+](=O)[O-])cc1. The average Bonchev–Trinajstić information content (AvgIpc) is 2.18. The third-order valence-electron chi connectivity index (χ3n) is 1.67. The molecule has 0 saturated carbocycles. The van der Waals surface area contributed by atoms with E-state index in [0.717, 1.165) is 0 Å². The molecular formula is C9H8N2O4. The smallest absolute Gasteiger partial charge is 0.264 e. The van der Waals surface area contributed by atoms with E-state index in [1.807, 2.05) is 0 Å². The summed E-state index contributed by atoms with van der Waals surface area (Å²) in [5.41, 5.74) is 0.698. The highest BCUT2D eigenvalue weighted by Crippen LogP contribution is 2.12. The van der Waals surface area contributed by atoms with Gasteiger partial charge in [-0.3, -0.25) is 20.2 Å². The van der Waals surface area contributed by atoms with Gasteiger partial charge in [0.1, 0.15) is 0 Å². The summed E-state index contributed by atoms with van der Waals surface area (Å²) >= 11 is 0. The molecule has 6 nitrogen and oxygen atoms in total. The molecular weight excluding hydrogens is 200 g/mol. The Morgan fingerprint density at radius 1 is 1.13 bits per heavy atom. The number of nitro benzene ring substituents is 1. The largest absolute Gasteiger partial charge is 0.269 e. The molecule has 0 N–H and O–H groups in total. The van der Waals surface area contributed by atoms with Gasteiger partial charge in [-0.2, -0.15) is 0 Å². The van der Waals surface area contributed by atoms with Crippen molar-refractivity contribution in [3.05, 3.63) is 56.1 Å². The Morgan fingerprint density at radius 2 is 1.73 bits per heavy atom. The van der Waals surface area contributed by atoms with Crippen molar-refractivity contribution in [2.45, 2.75) is 0 Å². The Balaban J connectivity index is 2.68. The Morgan fingerprint density at radius 3 is 2.20 bits per heavy atom. The van der Waals surface area contributed by atoms with E-state index in [1.165, 1.54) is 30.3 Å². The molecule has 0 fully saturated rings. The van der Waals surface area contributed by atoms with Crippen molar-refractivity contribution in [1.29, 1.82) is 0 Å². The number of hydrogen-bond donors (Lipinski definition) is 0. The minimum Gasteiger partial charge on any atom is -0.264 e. The summed E-state index contributed by atoms with van der Waals surface area (Å²) in [6, 6.07) is 5.78. The first kappa shape index (κ1) is 10.8. The Hall–Kier alpha value is -2.24. The number of non-ortho nitro benzene ring substituents is 1. The van der Waals surface area contributed by atoms with E-state index >= 15 is 0 Å². The molecule has 6 heteroatoms. The molecule has 78 valence electrons. The van der Waals surface area contributed by atoms with Crippen LogP contribution in [0.3, 0.4) is 0 Å². The molecule has 0 aliphatic carbocycles. The van der Waals surface area contributed by atoms with Gasteiger partial charge in [-0.1, -0.05) is 6.08 Å². The number of benzene rings is 1.